The molecule has 144 valence electrons. The maximum atomic E-state index is 12.0. The molecule has 0 aromatic rings. The van der Waals surface area contributed by atoms with Crippen molar-refractivity contribution in [1.82, 2.24) is 0 Å². The van der Waals surface area contributed by atoms with E-state index in [1.54, 1.807) is 0 Å². The number of unbranched alkanes of at least 4 members (excludes halogenated alkanes) is 11. The maximum Gasteiger partial charge on any atom is 1.00 e. The zero-order valence-corrected chi connectivity index (χ0v) is 18.6. The van der Waals surface area contributed by atoms with Crippen molar-refractivity contribution in [1.29, 1.82) is 0 Å². The summed E-state index contributed by atoms with van der Waals surface area (Å²) in [5.41, 5.74) is -0.387. The molecule has 0 saturated carbocycles. The third kappa shape index (κ3) is 9.54. The predicted octanol–water partition coefficient (Wildman–Crippen LogP) is 0.183. The van der Waals surface area contributed by atoms with Crippen molar-refractivity contribution >= 4 is 11.6 Å². The molecule has 0 amide bonds. The van der Waals surface area contributed by atoms with Gasteiger partial charge in [0.15, 0.2) is 11.6 Å². The molecule has 1 heterocycles. The first-order chi connectivity index (χ1) is 12.1. The molecule has 1 aliphatic heterocycles. The molecule has 0 radical (unpaired) electrons. The summed E-state index contributed by atoms with van der Waals surface area (Å²) in [7, 11) is 0. The van der Waals surface area contributed by atoms with Gasteiger partial charge in [-0.15, -0.1) is 0 Å². The maximum absolute atomic E-state index is 12.0. The molecular formula is C20H33NaO5. The Morgan fingerprint density at radius 1 is 0.962 bits per heavy atom. The van der Waals surface area contributed by atoms with Crippen LogP contribution in [-0.4, -0.2) is 29.4 Å². The van der Waals surface area contributed by atoms with Crippen molar-refractivity contribution < 1.29 is 54.1 Å². The van der Waals surface area contributed by atoms with Crippen LogP contribution in [0.25, 0.3) is 0 Å². The Labute approximate surface area is 179 Å². The van der Waals surface area contributed by atoms with E-state index < -0.39 is 30.2 Å². The van der Waals surface area contributed by atoms with E-state index in [1.807, 2.05) is 0 Å². The van der Waals surface area contributed by atoms with Crippen molar-refractivity contribution in [3.63, 3.8) is 0 Å². The third-order valence-electron chi connectivity index (χ3n) is 4.69. The van der Waals surface area contributed by atoms with E-state index >= 15 is 0 Å². The molecule has 6 heteroatoms. The van der Waals surface area contributed by atoms with Gasteiger partial charge in [0.05, 0.1) is 24.2 Å². The van der Waals surface area contributed by atoms with Crippen LogP contribution in [0.4, 0.5) is 0 Å². The van der Waals surface area contributed by atoms with E-state index in [1.165, 1.54) is 57.8 Å². The SMILES string of the molecule is CCCCCCCCCCCCCCC(=O)C1=C([O-])OC(CO)C1=O.[Na+]. The smallest absolute Gasteiger partial charge is 0.599 e. The molecular weight excluding hydrogens is 343 g/mol. The molecule has 0 saturated heterocycles. The van der Waals surface area contributed by atoms with Gasteiger partial charge in [-0.05, 0) is 6.42 Å². The van der Waals surface area contributed by atoms with Gasteiger partial charge in [-0.2, -0.15) is 0 Å². The average Bonchev–Trinajstić information content (AvgIpc) is 2.89. The molecule has 0 fully saturated rings. The standard InChI is InChI=1S/C20H34O5.Na/c1-2-3-4-5-6-7-8-9-10-11-12-13-14-16(22)18-19(23)17(15-21)25-20(18)24;/h17,21,24H,2-15H2,1H3;/q;+1/p-1. The average molecular weight is 376 g/mol. The van der Waals surface area contributed by atoms with Gasteiger partial charge in [0.1, 0.15) is 0 Å². The molecule has 26 heavy (non-hydrogen) atoms. The van der Waals surface area contributed by atoms with E-state index in [-0.39, 0.29) is 41.6 Å². The Bertz CT molecular complexity index is 447. The van der Waals surface area contributed by atoms with Gasteiger partial charge >= 0.3 is 29.6 Å². The number of rotatable bonds is 15. The normalized spacial score (nSPS) is 16.5. The number of hydrogen-bond donors (Lipinski definition) is 1. The topological polar surface area (TPSA) is 86.7 Å². The summed E-state index contributed by atoms with van der Waals surface area (Å²) in [5, 5.41) is 20.4. The second-order valence-electron chi connectivity index (χ2n) is 6.88. The van der Waals surface area contributed by atoms with Gasteiger partial charge in [-0.3, -0.25) is 9.59 Å². The summed E-state index contributed by atoms with van der Waals surface area (Å²) < 4.78 is 4.67. The van der Waals surface area contributed by atoms with Crippen molar-refractivity contribution in [2.45, 2.75) is 96.5 Å². The second kappa shape index (κ2) is 15.7. The van der Waals surface area contributed by atoms with Gasteiger partial charge < -0.3 is 14.9 Å². The molecule has 0 aromatic heterocycles. The minimum Gasteiger partial charge on any atom is -0.599 e. The molecule has 1 N–H and O–H groups in total. The second-order valence-corrected chi connectivity index (χ2v) is 6.88. The van der Waals surface area contributed by atoms with Crippen molar-refractivity contribution in [3.05, 3.63) is 11.5 Å². The zero-order chi connectivity index (χ0) is 18.5. The first-order valence-electron chi connectivity index (χ1n) is 9.88. The molecule has 5 nitrogen and oxygen atoms in total. The molecule has 1 aliphatic rings. The molecule has 1 unspecified atom stereocenters. The van der Waals surface area contributed by atoms with Gasteiger partial charge in [-0.1, -0.05) is 77.6 Å². The van der Waals surface area contributed by atoms with Crippen LogP contribution in [0.5, 0.6) is 0 Å². The molecule has 1 atom stereocenters. The molecule has 0 aliphatic carbocycles. The fourth-order valence-corrected chi connectivity index (χ4v) is 3.13. The number of aliphatic hydroxyl groups is 1. The van der Waals surface area contributed by atoms with Crippen LogP contribution in [0, 0.1) is 0 Å². The largest absolute Gasteiger partial charge is 1.00 e. The number of Topliss-reactive ketones (excluding diaryl/α,β-unsaturated/α-hetero) is 2. The quantitative estimate of drug-likeness (QED) is 0.250. The summed E-state index contributed by atoms with van der Waals surface area (Å²) in [5.74, 6) is -2.00. The molecule has 0 bridgehead atoms. The number of carbonyl (C=O) groups excluding carboxylic acids is 2. The third-order valence-corrected chi connectivity index (χ3v) is 4.69. The molecule has 1 rings (SSSR count). The number of ketones is 2. The van der Waals surface area contributed by atoms with Crippen LogP contribution in [0.2, 0.25) is 0 Å². The van der Waals surface area contributed by atoms with Crippen LogP contribution >= 0.6 is 0 Å². The summed E-state index contributed by atoms with van der Waals surface area (Å²) in [6.07, 6.45) is 13.4. The Kier molecular flexibility index (Phi) is 15.5. The monoisotopic (exact) mass is 376 g/mol. The summed E-state index contributed by atoms with van der Waals surface area (Å²) in [6, 6.07) is 0. The molecule has 0 spiro atoms. The molecule has 0 aromatic carbocycles. The summed E-state index contributed by atoms with van der Waals surface area (Å²) in [6.45, 7) is 1.66. The zero-order valence-electron chi connectivity index (χ0n) is 16.6. The predicted molar refractivity (Wildman–Crippen MR) is 94.7 cm³/mol. The Morgan fingerprint density at radius 3 is 1.85 bits per heavy atom. The number of ether oxygens (including phenoxy) is 1. The van der Waals surface area contributed by atoms with E-state index in [9.17, 15) is 14.7 Å². The van der Waals surface area contributed by atoms with Crippen LogP contribution < -0.4 is 34.7 Å². The first-order valence-corrected chi connectivity index (χ1v) is 9.88. The van der Waals surface area contributed by atoms with Crippen LogP contribution in [0.3, 0.4) is 0 Å². The van der Waals surface area contributed by atoms with Crippen LogP contribution in [0.15, 0.2) is 11.5 Å². The van der Waals surface area contributed by atoms with Crippen molar-refractivity contribution in [2.24, 2.45) is 0 Å². The van der Waals surface area contributed by atoms with Crippen molar-refractivity contribution in [3.8, 4) is 0 Å². The van der Waals surface area contributed by atoms with Crippen molar-refractivity contribution in [2.75, 3.05) is 6.61 Å². The Morgan fingerprint density at radius 2 is 1.42 bits per heavy atom. The van der Waals surface area contributed by atoms with Gasteiger partial charge in [-0.25, -0.2) is 0 Å². The summed E-state index contributed by atoms with van der Waals surface area (Å²) >= 11 is 0. The minimum atomic E-state index is -1.19. The number of aliphatic hydroxyl groups excluding tert-OH is 1. The minimum absolute atomic E-state index is 0. The van der Waals surface area contributed by atoms with E-state index in [0.717, 1.165) is 12.8 Å². The van der Waals surface area contributed by atoms with Gasteiger partial charge in [0, 0.05) is 6.42 Å². The first kappa shape index (κ1) is 25.6. The fourth-order valence-electron chi connectivity index (χ4n) is 3.13. The van der Waals surface area contributed by atoms with Crippen LogP contribution in [-0.2, 0) is 14.3 Å². The van der Waals surface area contributed by atoms with Crippen LogP contribution in [0.1, 0.15) is 90.4 Å². The van der Waals surface area contributed by atoms with E-state index in [2.05, 4.69) is 11.7 Å². The number of carbonyl (C=O) groups is 2. The van der Waals surface area contributed by atoms with E-state index in [0.29, 0.717) is 6.42 Å². The van der Waals surface area contributed by atoms with Gasteiger partial charge in [0.2, 0.25) is 0 Å². The fraction of sp³-hybridized carbons (Fsp3) is 0.800. The van der Waals surface area contributed by atoms with E-state index in [4.69, 9.17) is 5.11 Å². The Balaban J connectivity index is 0.00000625. The Hall–Kier alpha value is -0.360. The summed E-state index contributed by atoms with van der Waals surface area (Å²) in [4.78, 5) is 23.7. The number of hydrogen-bond acceptors (Lipinski definition) is 5. The van der Waals surface area contributed by atoms with Gasteiger partial charge in [0.25, 0.3) is 0 Å².